The summed E-state index contributed by atoms with van der Waals surface area (Å²) in [7, 11) is 0. The van der Waals surface area contributed by atoms with Crippen molar-refractivity contribution in [1.82, 2.24) is 4.98 Å². The number of aromatic nitrogens is 1. The number of pyridine rings is 1. The van der Waals surface area contributed by atoms with Crippen LogP contribution in [0.5, 0.6) is 0 Å². The minimum Gasteiger partial charge on any atom is -0.324 e. The van der Waals surface area contributed by atoms with E-state index in [9.17, 15) is 9.59 Å². The SMILES string of the molecule is CC(C)(C)c1ccc(NC(=O)CS)c(C#Cc2cccc(C#Cc3cc(C(C)(C)C)ccc3NC(=O)CS)n2)c1. The van der Waals surface area contributed by atoms with Gasteiger partial charge in [0.1, 0.15) is 11.4 Å². The van der Waals surface area contributed by atoms with Crippen molar-refractivity contribution in [3.63, 3.8) is 0 Å². The van der Waals surface area contributed by atoms with Crippen molar-refractivity contribution in [3.05, 3.63) is 88.2 Å². The van der Waals surface area contributed by atoms with E-state index in [2.05, 4.69) is 106 Å². The molecule has 0 saturated carbocycles. The Morgan fingerprint density at radius 1 is 0.675 bits per heavy atom. The van der Waals surface area contributed by atoms with E-state index >= 15 is 0 Å². The molecule has 0 unspecified atom stereocenters. The van der Waals surface area contributed by atoms with Crippen LogP contribution in [0.2, 0.25) is 0 Å². The van der Waals surface area contributed by atoms with Gasteiger partial charge in [0.25, 0.3) is 0 Å². The van der Waals surface area contributed by atoms with E-state index in [0.717, 1.165) is 11.1 Å². The number of rotatable bonds is 4. The van der Waals surface area contributed by atoms with Crippen LogP contribution in [0.3, 0.4) is 0 Å². The Morgan fingerprint density at radius 3 is 1.43 bits per heavy atom. The Bertz CT molecular complexity index is 1430. The lowest BCUT2D eigenvalue weighted by Gasteiger charge is -2.20. The molecule has 2 N–H and O–H groups in total. The molecule has 0 aliphatic rings. The van der Waals surface area contributed by atoms with Crippen molar-refractivity contribution in [2.24, 2.45) is 0 Å². The summed E-state index contributed by atoms with van der Waals surface area (Å²) in [5.41, 5.74) is 5.80. The summed E-state index contributed by atoms with van der Waals surface area (Å²) in [4.78, 5) is 28.6. The summed E-state index contributed by atoms with van der Waals surface area (Å²) in [5, 5.41) is 5.74. The van der Waals surface area contributed by atoms with Gasteiger partial charge in [-0.3, -0.25) is 9.59 Å². The minimum atomic E-state index is -0.203. The lowest BCUT2D eigenvalue weighted by Crippen LogP contribution is -2.15. The molecule has 5 nitrogen and oxygen atoms in total. The van der Waals surface area contributed by atoms with E-state index in [0.29, 0.717) is 33.9 Å². The Kier molecular flexibility index (Phi) is 10.1. The summed E-state index contributed by atoms with van der Waals surface area (Å²) in [6.07, 6.45) is 0. The summed E-state index contributed by atoms with van der Waals surface area (Å²) in [6, 6.07) is 17.2. The van der Waals surface area contributed by atoms with Gasteiger partial charge in [0.15, 0.2) is 0 Å². The number of hydrogen-bond donors (Lipinski definition) is 4. The van der Waals surface area contributed by atoms with E-state index in [1.807, 2.05) is 54.6 Å². The molecule has 0 saturated heterocycles. The number of nitrogens with one attached hydrogen (secondary N) is 2. The van der Waals surface area contributed by atoms with Gasteiger partial charge in [-0.1, -0.05) is 71.6 Å². The Labute approximate surface area is 248 Å². The quantitative estimate of drug-likeness (QED) is 0.223. The Balaban J connectivity index is 1.99. The van der Waals surface area contributed by atoms with Crippen LogP contribution >= 0.6 is 25.3 Å². The zero-order valence-electron chi connectivity index (χ0n) is 23.8. The number of hydrogen-bond acceptors (Lipinski definition) is 5. The molecule has 1 heterocycles. The van der Waals surface area contributed by atoms with Gasteiger partial charge in [-0.25, -0.2) is 4.98 Å². The van der Waals surface area contributed by atoms with Crippen molar-refractivity contribution in [2.75, 3.05) is 22.1 Å². The molecule has 0 bridgehead atoms. The van der Waals surface area contributed by atoms with Crippen LogP contribution in [0.1, 0.15) is 75.2 Å². The first-order valence-corrected chi connectivity index (χ1v) is 14.2. The van der Waals surface area contributed by atoms with E-state index in [4.69, 9.17) is 0 Å². The number of amides is 2. The predicted molar refractivity (Wildman–Crippen MR) is 171 cm³/mol. The Morgan fingerprint density at radius 2 is 1.07 bits per heavy atom. The van der Waals surface area contributed by atoms with Crippen LogP contribution in [0.25, 0.3) is 0 Å². The molecule has 3 aromatic rings. The summed E-state index contributed by atoms with van der Waals surface area (Å²) < 4.78 is 0. The third-order valence-electron chi connectivity index (χ3n) is 6.01. The van der Waals surface area contributed by atoms with Crippen LogP contribution in [0.4, 0.5) is 11.4 Å². The molecule has 7 heteroatoms. The molecule has 0 fully saturated rings. The average Bonchev–Trinajstić information content (AvgIpc) is 2.90. The van der Waals surface area contributed by atoms with Crippen LogP contribution < -0.4 is 10.6 Å². The fraction of sp³-hybridized carbons (Fsp3) is 0.303. The Hall–Kier alpha value is -3.65. The molecule has 206 valence electrons. The number of nitrogens with zero attached hydrogens (tertiary/aromatic N) is 1. The second-order valence-electron chi connectivity index (χ2n) is 11.3. The highest BCUT2D eigenvalue weighted by Crippen LogP contribution is 2.28. The van der Waals surface area contributed by atoms with Crippen LogP contribution in [-0.2, 0) is 20.4 Å². The molecule has 0 spiro atoms. The van der Waals surface area contributed by atoms with E-state index in [1.54, 1.807) is 0 Å². The second kappa shape index (κ2) is 13.1. The van der Waals surface area contributed by atoms with Crippen LogP contribution in [0, 0.1) is 23.7 Å². The van der Waals surface area contributed by atoms with Gasteiger partial charge in [0.2, 0.25) is 11.8 Å². The van der Waals surface area contributed by atoms with Gasteiger partial charge < -0.3 is 10.6 Å². The predicted octanol–water partition coefficient (Wildman–Crippen LogP) is 6.21. The monoisotopic (exact) mass is 569 g/mol. The van der Waals surface area contributed by atoms with Gasteiger partial charge >= 0.3 is 0 Å². The smallest absolute Gasteiger partial charge is 0.234 e. The summed E-state index contributed by atoms with van der Waals surface area (Å²) in [6.45, 7) is 12.8. The van der Waals surface area contributed by atoms with Crippen molar-refractivity contribution in [2.45, 2.75) is 52.4 Å². The molecule has 0 aliphatic carbocycles. The maximum absolute atomic E-state index is 12.0. The van der Waals surface area contributed by atoms with E-state index < -0.39 is 0 Å². The first-order valence-electron chi connectivity index (χ1n) is 12.9. The molecule has 2 amide bonds. The largest absolute Gasteiger partial charge is 0.324 e. The number of carbonyl (C=O) groups excluding carboxylic acids is 2. The third kappa shape index (κ3) is 8.68. The molecule has 40 heavy (non-hydrogen) atoms. The second-order valence-corrected chi connectivity index (χ2v) is 12.0. The van der Waals surface area contributed by atoms with Gasteiger partial charge in [-0.2, -0.15) is 25.3 Å². The molecule has 0 aliphatic heterocycles. The zero-order valence-corrected chi connectivity index (χ0v) is 25.6. The van der Waals surface area contributed by atoms with Gasteiger partial charge in [-0.05, 0) is 70.2 Å². The van der Waals surface area contributed by atoms with Crippen LogP contribution in [0.15, 0.2) is 54.6 Å². The lowest BCUT2D eigenvalue weighted by atomic mass is 9.86. The highest BCUT2D eigenvalue weighted by molar-refractivity contribution is 7.81. The van der Waals surface area contributed by atoms with Gasteiger partial charge in [0, 0.05) is 11.1 Å². The fourth-order valence-electron chi connectivity index (χ4n) is 3.66. The summed E-state index contributed by atoms with van der Waals surface area (Å²) >= 11 is 8.13. The van der Waals surface area contributed by atoms with Crippen molar-refractivity contribution in [3.8, 4) is 23.7 Å². The number of anilines is 2. The molecule has 3 rings (SSSR count). The van der Waals surface area contributed by atoms with Crippen molar-refractivity contribution < 1.29 is 9.59 Å². The van der Waals surface area contributed by atoms with Gasteiger partial charge in [0.05, 0.1) is 22.9 Å². The topological polar surface area (TPSA) is 71.1 Å². The zero-order chi connectivity index (χ0) is 29.5. The number of thiol groups is 2. The first-order chi connectivity index (χ1) is 18.8. The normalized spacial score (nSPS) is 11.0. The molecule has 0 radical (unpaired) electrons. The maximum atomic E-state index is 12.0. The molecular weight excluding hydrogens is 535 g/mol. The lowest BCUT2D eigenvalue weighted by molar-refractivity contribution is -0.114. The van der Waals surface area contributed by atoms with Crippen molar-refractivity contribution >= 4 is 48.4 Å². The highest BCUT2D eigenvalue weighted by atomic mass is 32.1. The highest BCUT2D eigenvalue weighted by Gasteiger charge is 2.17. The fourth-order valence-corrected chi connectivity index (χ4v) is 3.82. The molecule has 0 atom stereocenters. The summed E-state index contributed by atoms with van der Waals surface area (Å²) in [5.74, 6) is 12.3. The standard InChI is InChI=1S/C33H35N3O2S2/c1-32(2,3)24-12-16-28(35-30(37)20-39)22(18-24)10-14-26-8-7-9-27(34-26)15-11-23-19-25(33(4,5)6)13-17-29(23)36-31(38)21-40/h7-9,12-13,16-19,39-40H,20-21H2,1-6H3,(H,35,37)(H,36,38). The molecular formula is C33H35N3O2S2. The first kappa shape index (κ1) is 30.9. The molecule has 2 aromatic carbocycles. The number of benzene rings is 2. The van der Waals surface area contributed by atoms with E-state index in [1.165, 1.54) is 0 Å². The van der Waals surface area contributed by atoms with Crippen molar-refractivity contribution in [1.29, 1.82) is 0 Å². The minimum absolute atomic E-state index is 0.0776. The van der Waals surface area contributed by atoms with Crippen LogP contribution in [-0.4, -0.2) is 28.3 Å². The molecule has 1 aromatic heterocycles. The average molecular weight is 570 g/mol. The van der Waals surface area contributed by atoms with E-state index in [-0.39, 0.29) is 34.2 Å². The maximum Gasteiger partial charge on any atom is 0.234 e. The van der Waals surface area contributed by atoms with Gasteiger partial charge in [-0.15, -0.1) is 0 Å². The number of carbonyl (C=O) groups is 2. The third-order valence-corrected chi connectivity index (χ3v) is 6.58.